The van der Waals surface area contributed by atoms with E-state index in [9.17, 15) is 14.9 Å². The molecular weight excluding hydrogens is 256 g/mol. The summed E-state index contributed by atoms with van der Waals surface area (Å²) in [6.45, 7) is 0.682. The van der Waals surface area contributed by atoms with E-state index in [4.69, 9.17) is 0 Å². The summed E-state index contributed by atoms with van der Waals surface area (Å²) in [5.41, 5.74) is 0.467. The molecule has 5 heteroatoms. The Kier molecular flexibility index (Phi) is 3.26. The minimum absolute atomic E-state index is 0.000195. The van der Waals surface area contributed by atoms with Gasteiger partial charge in [-0.1, -0.05) is 12.2 Å². The number of allylic oxidation sites excluding steroid dienone is 2. The summed E-state index contributed by atoms with van der Waals surface area (Å²) in [5.74, 6) is 1.68. The minimum Gasteiger partial charge on any atom is -0.352 e. The molecule has 1 amide bonds. The number of hydrogen-bond donors (Lipinski definition) is 1. The number of nitro benzene ring substituents is 1. The van der Waals surface area contributed by atoms with Crippen molar-refractivity contribution in [2.45, 2.75) is 12.8 Å². The highest BCUT2D eigenvalue weighted by Gasteiger charge is 2.35. The van der Waals surface area contributed by atoms with Crippen LogP contribution in [-0.2, 0) is 0 Å². The molecule has 0 heterocycles. The lowest BCUT2D eigenvalue weighted by molar-refractivity contribution is -0.384. The van der Waals surface area contributed by atoms with E-state index < -0.39 is 4.92 Å². The average molecular weight is 272 g/mol. The van der Waals surface area contributed by atoms with Crippen molar-refractivity contribution in [3.63, 3.8) is 0 Å². The quantitative estimate of drug-likeness (QED) is 0.520. The van der Waals surface area contributed by atoms with Gasteiger partial charge < -0.3 is 5.32 Å². The number of carbonyl (C=O) groups is 1. The third-order valence-electron chi connectivity index (χ3n) is 4.28. The van der Waals surface area contributed by atoms with Gasteiger partial charge in [0.2, 0.25) is 0 Å². The van der Waals surface area contributed by atoms with Crippen molar-refractivity contribution >= 4 is 11.6 Å². The van der Waals surface area contributed by atoms with Gasteiger partial charge in [-0.15, -0.1) is 0 Å². The molecule has 2 aliphatic rings. The van der Waals surface area contributed by atoms with Gasteiger partial charge in [0.25, 0.3) is 11.6 Å². The van der Waals surface area contributed by atoms with E-state index in [1.54, 1.807) is 0 Å². The Balaban J connectivity index is 1.56. The van der Waals surface area contributed by atoms with E-state index in [0.29, 0.717) is 29.9 Å². The lowest BCUT2D eigenvalue weighted by Gasteiger charge is -2.18. The lowest BCUT2D eigenvalue weighted by Crippen LogP contribution is -2.30. The van der Waals surface area contributed by atoms with Gasteiger partial charge in [0, 0.05) is 24.2 Å². The zero-order valence-electron chi connectivity index (χ0n) is 11.0. The molecule has 0 aromatic heterocycles. The maximum atomic E-state index is 12.0. The van der Waals surface area contributed by atoms with Crippen LogP contribution in [0.2, 0.25) is 0 Å². The summed E-state index contributed by atoms with van der Waals surface area (Å²) in [4.78, 5) is 22.1. The summed E-state index contributed by atoms with van der Waals surface area (Å²) < 4.78 is 0. The Morgan fingerprint density at radius 2 is 2.00 bits per heavy atom. The standard InChI is InChI=1S/C15H16N2O3/c18-15(11-3-5-14(6-4-11)17(19)20)16-9-13-8-10-1-2-12(13)7-10/h1-6,10,12-13H,7-9H2,(H,16,18)/t10-,12+,13+/m0/s1. The van der Waals surface area contributed by atoms with E-state index in [2.05, 4.69) is 17.5 Å². The Morgan fingerprint density at radius 1 is 1.25 bits per heavy atom. The number of fused-ring (bicyclic) bond motifs is 2. The summed E-state index contributed by atoms with van der Waals surface area (Å²) in [6.07, 6.45) is 6.91. The van der Waals surface area contributed by atoms with Crippen molar-refractivity contribution in [3.05, 3.63) is 52.1 Å². The van der Waals surface area contributed by atoms with Crippen LogP contribution in [-0.4, -0.2) is 17.4 Å². The highest BCUT2D eigenvalue weighted by atomic mass is 16.6. The fraction of sp³-hybridized carbons (Fsp3) is 0.400. The second-order valence-corrected chi connectivity index (χ2v) is 5.55. The largest absolute Gasteiger partial charge is 0.352 e. The van der Waals surface area contributed by atoms with Crippen LogP contribution in [0.3, 0.4) is 0 Å². The Morgan fingerprint density at radius 3 is 2.55 bits per heavy atom. The van der Waals surface area contributed by atoms with Gasteiger partial charge in [0.1, 0.15) is 0 Å². The van der Waals surface area contributed by atoms with E-state index in [1.165, 1.54) is 30.7 Å². The molecule has 0 radical (unpaired) electrons. The molecular formula is C15H16N2O3. The van der Waals surface area contributed by atoms with Gasteiger partial charge in [0.05, 0.1) is 4.92 Å². The fourth-order valence-electron chi connectivity index (χ4n) is 3.19. The maximum Gasteiger partial charge on any atom is 0.269 e. The molecule has 5 nitrogen and oxygen atoms in total. The molecule has 1 saturated carbocycles. The molecule has 2 aliphatic carbocycles. The number of non-ortho nitro benzene ring substituents is 1. The van der Waals surface area contributed by atoms with Crippen LogP contribution >= 0.6 is 0 Å². The molecule has 1 aromatic rings. The van der Waals surface area contributed by atoms with Crippen LogP contribution in [0, 0.1) is 27.9 Å². The van der Waals surface area contributed by atoms with Crippen LogP contribution in [0.15, 0.2) is 36.4 Å². The number of benzene rings is 1. The Labute approximate surface area is 116 Å². The topological polar surface area (TPSA) is 72.2 Å². The molecule has 0 saturated heterocycles. The molecule has 1 N–H and O–H groups in total. The summed E-state index contributed by atoms with van der Waals surface area (Å²) in [6, 6.07) is 5.70. The maximum absolute atomic E-state index is 12.0. The molecule has 104 valence electrons. The first-order chi connectivity index (χ1) is 9.63. The van der Waals surface area contributed by atoms with Crippen molar-refractivity contribution in [2.24, 2.45) is 17.8 Å². The van der Waals surface area contributed by atoms with Gasteiger partial charge in [-0.05, 0) is 42.7 Å². The first-order valence-corrected chi connectivity index (χ1v) is 6.84. The predicted octanol–water partition coefficient (Wildman–Crippen LogP) is 2.54. The summed E-state index contributed by atoms with van der Waals surface area (Å²) in [5, 5.41) is 13.5. The van der Waals surface area contributed by atoms with E-state index in [1.807, 2.05) is 0 Å². The smallest absolute Gasteiger partial charge is 0.269 e. The molecule has 2 bridgehead atoms. The van der Waals surface area contributed by atoms with Crippen molar-refractivity contribution < 1.29 is 9.72 Å². The molecule has 3 rings (SSSR count). The number of nitro groups is 1. The van der Waals surface area contributed by atoms with E-state index in [0.717, 1.165) is 6.42 Å². The third kappa shape index (κ3) is 2.43. The predicted molar refractivity (Wildman–Crippen MR) is 74.3 cm³/mol. The van der Waals surface area contributed by atoms with Crippen LogP contribution in [0.4, 0.5) is 5.69 Å². The highest BCUT2D eigenvalue weighted by molar-refractivity contribution is 5.94. The summed E-state index contributed by atoms with van der Waals surface area (Å²) in [7, 11) is 0. The number of hydrogen-bond acceptors (Lipinski definition) is 3. The number of rotatable bonds is 4. The first kappa shape index (κ1) is 12.8. The number of nitrogens with one attached hydrogen (secondary N) is 1. The van der Waals surface area contributed by atoms with Gasteiger partial charge in [-0.2, -0.15) is 0 Å². The van der Waals surface area contributed by atoms with E-state index in [-0.39, 0.29) is 11.6 Å². The molecule has 1 aromatic carbocycles. The third-order valence-corrected chi connectivity index (χ3v) is 4.28. The molecule has 0 unspecified atom stereocenters. The average Bonchev–Trinajstić information content (AvgIpc) is 3.07. The zero-order valence-corrected chi connectivity index (χ0v) is 11.0. The van der Waals surface area contributed by atoms with Crippen molar-refractivity contribution in [2.75, 3.05) is 6.54 Å². The van der Waals surface area contributed by atoms with Gasteiger partial charge in [-0.25, -0.2) is 0 Å². The highest BCUT2D eigenvalue weighted by Crippen LogP contribution is 2.42. The van der Waals surface area contributed by atoms with Crippen LogP contribution in [0.5, 0.6) is 0 Å². The van der Waals surface area contributed by atoms with Gasteiger partial charge in [-0.3, -0.25) is 14.9 Å². The Bertz CT molecular complexity index is 565. The van der Waals surface area contributed by atoms with Crippen molar-refractivity contribution in [3.8, 4) is 0 Å². The van der Waals surface area contributed by atoms with Crippen molar-refractivity contribution in [1.82, 2.24) is 5.32 Å². The Hall–Kier alpha value is -2.17. The first-order valence-electron chi connectivity index (χ1n) is 6.84. The van der Waals surface area contributed by atoms with Crippen molar-refractivity contribution in [1.29, 1.82) is 0 Å². The number of nitrogens with zero attached hydrogens (tertiary/aromatic N) is 1. The lowest BCUT2D eigenvalue weighted by atomic mass is 9.93. The zero-order chi connectivity index (χ0) is 14.1. The molecule has 3 atom stereocenters. The molecule has 20 heavy (non-hydrogen) atoms. The number of carbonyl (C=O) groups excluding carboxylic acids is 1. The number of amides is 1. The van der Waals surface area contributed by atoms with E-state index >= 15 is 0 Å². The molecule has 1 fully saturated rings. The second kappa shape index (κ2) is 5.07. The SMILES string of the molecule is O=C(NC[C@H]1C[C@H]2C=C[C@@H]1C2)c1ccc([N+](=O)[O-])cc1. The normalized spacial score (nSPS) is 26.7. The molecule has 0 spiro atoms. The van der Waals surface area contributed by atoms with Gasteiger partial charge in [0.15, 0.2) is 0 Å². The van der Waals surface area contributed by atoms with Crippen LogP contribution in [0.1, 0.15) is 23.2 Å². The summed E-state index contributed by atoms with van der Waals surface area (Å²) >= 11 is 0. The van der Waals surface area contributed by atoms with Crippen LogP contribution < -0.4 is 5.32 Å². The van der Waals surface area contributed by atoms with Crippen LogP contribution in [0.25, 0.3) is 0 Å². The van der Waals surface area contributed by atoms with Gasteiger partial charge >= 0.3 is 0 Å². The second-order valence-electron chi connectivity index (χ2n) is 5.55. The molecule has 0 aliphatic heterocycles. The monoisotopic (exact) mass is 272 g/mol. The fourth-order valence-corrected chi connectivity index (χ4v) is 3.19. The minimum atomic E-state index is -0.469.